The summed E-state index contributed by atoms with van der Waals surface area (Å²) in [6.45, 7) is 5.48. The summed E-state index contributed by atoms with van der Waals surface area (Å²) in [5, 5.41) is 57.2. The third-order valence-corrected chi connectivity index (χ3v) is 18.9. The average Bonchev–Trinajstić information content (AvgIpc) is 0.856. The lowest BCUT2D eigenvalue weighted by molar-refractivity contribution is -0.154. The Balaban J connectivity index is 5.75. The number of amides is 3. The van der Waals surface area contributed by atoms with Gasteiger partial charge in [0.2, 0.25) is 17.7 Å². The molecule has 0 fully saturated rings. The van der Waals surface area contributed by atoms with Gasteiger partial charge in [-0.3, -0.25) is 57.9 Å². The van der Waals surface area contributed by atoms with Crippen molar-refractivity contribution < 1.29 is 87.6 Å². The fraction of sp³-hybridized carbons (Fsp3) is 0.885. The number of unbranched alkanes of at least 4 members (excludes halogenated alkanes) is 36. The number of aliphatic carboxylic acids is 5. The van der Waals surface area contributed by atoms with E-state index in [-0.39, 0.29) is 103 Å². The van der Waals surface area contributed by atoms with Gasteiger partial charge in [0.25, 0.3) is 0 Å². The molecule has 1 atom stereocenters. The Hall–Kier alpha value is -5.05. The predicted octanol–water partition coefficient (Wildman–Crippen LogP) is 12.4. The third-order valence-electron chi connectivity index (χ3n) is 18.9. The van der Waals surface area contributed by atoms with Gasteiger partial charge in [0.1, 0.15) is 12.6 Å². The highest BCUT2D eigenvalue weighted by Crippen LogP contribution is 2.21. The van der Waals surface area contributed by atoms with E-state index >= 15 is 0 Å². The number of carbonyl (C=O) groups is 9. The van der Waals surface area contributed by atoms with E-state index in [0.717, 1.165) is 67.6 Å². The standard InChI is InChI=1S/C78H147N7O18/c1-5-8-11-14-17-20-23-26-29-32-35-38-41-44-69(86)79-64-78(65-80-70(87)45-42-39-36-33-30-27-24-21-18-15-12-9-6-2,66-81-71(88)46-43-40-37-34-31-28-25-22-19-16-13-10-7-3)67-82(4)51-52-100-53-54-101-55-56-102-57-58-103-76(97)59-68(77(98)99)85(49-47-83(60-72(89)90)61-73(91)92)50-48-84(62-74(93)94)63-75(95)96/h68H,5-67H2,1-4H3,(H,79,86)(H,80,87)(H,81,88)(H,89,90)(H,91,92)(H,93,94)(H,95,96)(H,98,99). The topological polar surface area (TPSA) is 341 Å². The lowest BCUT2D eigenvalue weighted by atomic mass is 9.86. The van der Waals surface area contributed by atoms with Crippen LogP contribution in [0.4, 0.5) is 0 Å². The lowest BCUT2D eigenvalue weighted by Crippen LogP contribution is -2.56. The first-order valence-electron chi connectivity index (χ1n) is 40.4. The molecule has 3 amide bonds. The van der Waals surface area contributed by atoms with Crippen LogP contribution in [0.1, 0.15) is 297 Å². The highest BCUT2D eigenvalue weighted by Gasteiger charge is 2.34. The first kappa shape index (κ1) is 98.0. The molecule has 0 bridgehead atoms. The second kappa shape index (κ2) is 70.0. The van der Waals surface area contributed by atoms with Crippen LogP contribution in [0.3, 0.4) is 0 Å². The van der Waals surface area contributed by atoms with E-state index in [1.807, 2.05) is 7.05 Å². The monoisotopic (exact) mass is 1470 g/mol. The van der Waals surface area contributed by atoms with Crippen molar-refractivity contribution in [2.24, 2.45) is 5.41 Å². The molecule has 0 radical (unpaired) electrons. The average molecular weight is 1470 g/mol. The minimum absolute atomic E-state index is 0.0329. The number of nitrogens with zero attached hydrogens (tertiary/aromatic N) is 4. The van der Waals surface area contributed by atoms with E-state index in [2.05, 4.69) is 41.6 Å². The fourth-order valence-electron chi connectivity index (χ4n) is 12.8. The molecule has 0 rings (SSSR count). The van der Waals surface area contributed by atoms with Gasteiger partial charge in [-0.2, -0.15) is 0 Å². The SMILES string of the molecule is CCCCCCCCCCCCCCCC(=O)NCC(CNC(=O)CCCCCCCCCCCCCCC)(CNC(=O)CCCCCCCCCCCCCCC)CN(C)CCOCCOCCOCCOC(=O)CC(C(=O)O)N(CCN(CC(=O)O)CC(=O)O)CCN(CC(=O)O)CC(=O)O. The predicted molar refractivity (Wildman–Crippen MR) is 404 cm³/mol. The first-order valence-corrected chi connectivity index (χ1v) is 40.4. The van der Waals surface area contributed by atoms with E-state index < -0.39 is 79.9 Å². The minimum atomic E-state index is -1.60. The van der Waals surface area contributed by atoms with Gasteiger partial charge in [0.05, 0.1) is 72.2 Å². The fourth-order valence-corrected chi connectivity index (χ4v) is 12.8. The molecule has 103 heavy (non-hydrogen) atoms. The first-order chi connectivity index (χ1) is 49.8. The summed E-state index contributed by atoms with van der Waals surface area (Å²) in [4.78, 5) is 118. The van der Waals surface area contributed by atoms with Gasteiger partial charge < -0.3 is 65.3 Å². The molecule has 0 aromatic rings. The summed E-state index contributed by atoms with van der Waals surface area (Å²) < 4.78 is 22.5. The number of likely N-dealkylation sites (N-methyl/N-ethyl adjacent to an activating group) is 1. The minimum Gasteiger partial charge on any atom is -0.480 e. The Kier molecular flexibility index (Phi) is 66.5. The molecular weight excluding hydrogens is 1320 g/mol. The molecule has 0 spiro atoms. The van der Waals surface area contributed by atoms with Crippen molar-refractivity contribution in [2.75, 3.05) is 138 Å². The van der Waals surface area contributed by atoms with E-state index in [1.54, 1.807) is 0 Å². The molecule has 0 aromatic carbocycles. The Morgan fingerprint density at radius 1 is 0.340 bits per heavy atom. The molecule has 0 saturated heterocycles. The molecular formula is C78H147N7O18. The van der Waals surface area contributed by atoms with Crippen LogP contribution in [0.5, 0.6) is 0 Å². The number of nitrogens with one attached hydrogen (secondary N) is 3. The van der Waals surface area contributed by atoms with Gasteiger partial charge in [0, 0.05) is 83.6 Å². The summed E-state index contributed by atoms with van der Waals surface area (Å²) in [6, 6.07) is -1.60. The van der Waals surface area contributed by atoms with Gasteiger partial charge in [-0.05, 0) is 26.3 Å². The summed E-state index contributed by atoms with van der Waals surface area (Å²) in [5.41, 5.74) is -0.734. The van der Waals surface area contributed by atoms with E-state index in [4.69, 9.17) is 18.9 Å². The van der Waals surface area contributed by atoms with Crippen molar-refractivity contribution >= 4 is 53.5 Å². The largest absolute Gasteiger partial charge is 0.480 e. The highest BCUT2D eigenvalue weighted by molar-refractivity contribution is 5.81. The summed E-state index contributed by atoms with van der Waals surface area (Å²) in [5.74, 6) is -7.88. The Bertz CT molecular complexity index is 1960. The third kappa shape index (κ3) is 65.0. The van der Waals surface area contributed by atoms with Gasteiger partial charge in [-0.15, -0.1) is 0 Å². The summed E-state index contributed by atoms with van der Waals surface area (Å²) in [7, 11) is 1.97. The van der Waals surface area contributed by atoms with E-state index in [0.29, 0.717) is 39.0 Å². The van der Waals surface area contributed by atoms with Crippen molar-refractivity contribution in [1.29, 1.82) is 0 Å². The molecule has 0 saturated carbocycles. The van der Waals surface area contributed by atoms with Crippen LogP contribution in [-0.2, 0) is 62.1 Å². The van der Waals surface area contributed by atoms with Crippen molar-refractivity contribution in [3.8, 4) is 0 Å². The number of carboxylic acid groups (broad SMARTS) is 5. The second-order valence-electron chi connectivity index (χ2n) is 28.7. The van der Waals surface area contributed by atoms with E-state index in [9.17, 15) is 68.7 Å². The Morgan fingerprint density at radius 2 is 0.602 bits per heavy atom. The molecule has 0 aromatic heterocycles. The number of ether oxygens (including phenoxy) is 4. The smallest absolute Gasteiger partial charge is 0.321 e. The van der Waals surface area contributed by atoms with Gasteiger partial charge >= 0.3 is 35.8 Å². The van der Waals surface area contributed by atoms with Crippen LogP contribution in [0.2, 0.25) is 0 Å². The molecule has 0 heterocycles. The van der Waals surface area contributed by atoms with Crippen LogP contribution in [0, 0.1) is 5.41 Å². The summed E-state index contributed by atoms with van der Waals surface area (Å²) in [6.07, 6.45) is 48.0. The maximum Gasteiger partial charge on any atom is 0.321 e. The normalized spacial score (nSPS) is 12.0. The van der Waals surface area contributed by atoms with Crippen LogP contribution in [0.25, 0.3) is 0 Å². The lowest BCUT2D eigenvalue weighted by Gasteiger charge is -2.38. The van der Waals surface area contributed by atoms with Crippen LogP contribution in [-0.4, -0.2) is 243 Å². The van der Waals surface area contributed by atoms with Crippen molar-refractivity contribution in [2.45, 2.75) is 303 Å². The molecule has 1 unspecified atom stereocenters. The molecule has 25 nitrogen and oxygen atoms in total. The number of carboxylic acids is 5. The number of hydrogen-bond acceptors (Lipinski definition) is 17. The maximum absolute atomic E-state index is 13.7. The molecule has 25 heteroatoms. The molecule has 0 aliphatic heterocycles. The molecule has 0 aliphatic rings. The van der Waals surface area contributed by atoms with Crippen molar-refractivity contribution in [3.05, 3.63) is 0 Å². The van der Waals surface area contributed by atoms with E-state index in [1.165, 1.54) is 198 Å². The molecule has 8 N–H and O–H groups in total. The van der Waals surface area contributed by atoms with Crippen LogP contribution >= 0.6 is 0 Å². The van der Waals surface area contributed by atoms with Gasteiger partial charge in [-0.25, -0.2) is 0 Å². The van der Waals surface area contributed by atoms with Crippen molar-refractivity contribution in [1.82, 2.24) is 35.6 Å². The zero-order valence-electron chi connectivity index (χ0n) is 65.0. The number of carbonyl (C=O) groups excluding carboxylic acids is 4. The second-order valence-corrected chi connectivity index (χ2v) is 28.7. The Labute approximate surface area is 620 Å². The van der Waals surface area contributed by atoms with Crippen LogP contribution in [0.15, 0.2) is 0 Å². The van der Waals surface area contributed by atoms with Crippen molar-refractivity contribution in [3.63, 3.8) is 0 Å². The number of hydrogen-bond donors (Lipinski definition) is 8. The quantitative estimate of drug-likeness (QED) is 0.0207. The molecule has 0 aliphatic carbocycles. The Morgan fingerprint density at radius 3 is 0.874 bits per heavy atom. The molecule has 602 valence electrons. The zero-order valence-corrected chi connectivity index (χ0v) is 65.0. The maximum atomic E-state index is 13.7. The number of rotatable bonds is 80. The van der Waals surface area contributed by atoms with Gasteiger partial charge in [-0.1, -0.05) is 252 Å². The number of esters is 1. The summed E-state index contributed by atoms with van der Waals surface area (Å²) >= 11 is 0. The van der Waals surface area contributed by atoms with Gasteiger partial charge in [0.15, 0.2) is 0 Å². The zero-order chi connectivity index (χ0) is 76.1. The highest BCUT2D eigenvalue weighted by atomic mass is 16.6. The van der Waals surface area contributed by atoms with Crippen LogP contribution < -0.4 is 16.0 Å².